The number of hydrogen-bond acceptors (Lipinski definition) is 5. The maximum Gasteiger partial charge on any atom is 0.416 e. The minimum atomic E-state index is -4.43. The number of methoxy groups -OCH3 is 1. The first kappa shape index (κ1) is 17.2. The van der Waals surface area contributed by atoms with Gasteiger partial charge < -0.3 is 13.9 Å². The molecule has 5 nitrogen and oxygen atoms in total. The fourth-order valence-electron chi connectivity index (χ4n) is 2.28. The first-order chi connectivity index (χ1) is 12.0. The van der Waals surface area contributed by atoms with Crippen LogP contribution in [0.5, 0.6) is 5.75 Å². The minimum absolute atomic E-state index is 0.131. The maximum atomic E-state index is 12.8. The van der Waals surface area contributed by atoms with Gasteiger partial charge in [-0.2, -0.15) is 13.2 Å². The maximum absolute atomic E-state index is 12.8. The smallest absolute Gasteiger partial charge is 0.416 e. The Kier molecular flexibility index (Phi) is 4.89. The molecule has 0 aliphatic rings. The van der Waals surface area contributed by atoms with Gasteiger partial charge in [-0.25, -0.2) is 4.98 Å². The first-order valence-corrected chi connectivity index (χ1v) is 7.53. The number of fused-ring (bicyclic) bond motifs is 1. The van der Waals surface area contributed by atoms with Crippen LogP contribution < -0.4 is 4.74 Å². The second-order valence-electron chi connectivity index (χ2n) is 5.27. The second-order valence-corrected chi connectivity index (χ2v) is 5.27. The Morgan fingerprint density at radius 3 is 2.76 bits per heavy atom. The quantitative estimate of drug-likeness (QED) is 0.618. The van der Waals surface area contributed by atoms with Crippen LogP contribution in [0.4, 0.5) is 13.2 Å². The number of aromatic nitrogens is 2. The van der Waals surface area contributed by atoms with Gasteiger partial charge in [0.15, 0.2) is 5.58 Å². The molecule has 0 atom stereocenters. The molecule has 25 heavy (non-hydrogen) atoms. The van der Waals surface area contributed by atoms with Gasteiger partial charge in [0.25, 0.3) is 0 Å². The van der Waals surface area contributed by atoms with E-state index in [1.54, 1.807) is 13.2 Å². The largest absolute Gasteiger partial charge is 0.491 e. The summed E-state index contributed by atoms with van der Waals surface area (Å²) in [5.74, 6) is 0.625. The molecular weight excluding hydrogens is 337 g/mol. The van der Waals surface area contributed by atoms with E-state index in [2.05, 4.69) is 9.97 Å². The molecule has 0 spiro atoms. The average molecular weight is 352 g/mol. The zero-order valence-electron chi connectivity index (χ0n) is 13.3. The van der Waals surface area contributed by atoms with Crippen LogP contribution in [0.15, 0.2) is 41.1 Å². The lowest BCUT2D eigenvalue weighted by atomic mass is 10.2. The number of rotatable bonds is 6. The molecule has 0 unspecified atom stereocenters. The van der Waals surface area contributed by atoms with E-state index in [0.717, 1.165) is 12.1 Å². The number of ether oxygens (including phenoxy) is 2. The third kappa shape index (κ3) is 3.90. The molecule has 0 aliphatic carbocycles. The van der Waals surface area contributed by atoms with Crippen molar-refractivity contribution in [3.63, 3.8) is 0 Å². The number of hydrogen-bond donors (Lipinski definition) is 0. The summed E-state index contributed by atoms with van der Waals surface area (Å²) in [5.41, 5.74) is 0.153. The van der Waals surface area contributed by atoms with Crippen molar-refractivity contribution < 1.29 is 27.1 Å². The van der Waals surface area contributed by atoms with Crippen molar-refractivity contribution in [3.8, 4) is 17.2 Å². The van der Waals surface area contributed by atoms with Crippen LogP contribution in [0.1, 0.15) is 12.0 Å². The van der Waals surface area contributed by atoms with E-state index in [0.29, 0.717) is 30.9 Å². The Hall–Kier alpha value is -2.61. The lowest BCUT2D eigenvalue weighted by Crippen LogP contribution is -2.04. The van der Waals surface area contributed by atoms with Crippen molar-refractivity contribution >= 4 is 11.1 Å². The third-order valence-electron chi connectivity index (χ3n) is 3.48. The summed E-state index contributed by atoms with van der Waals surface area (Å²) in [5, 5.41) is 0. The Morgan fingerprint density at radius 1 is 1.16 bits per heavy atom. The molecule has 0 amide bonds. The highest BCUT2D eigenvalue weighted by Gasteiger charge is 2.31. The summed E-state index contributed by atoms with van der Waals surface area (Å²) in [6, 6.07) is 4.82. The molecule has 0 bridgehead atoms. The van der Waals surface area contributed by atoms with Gasteiger partial charge in [0.1, 0.15) is 11.3 Å². The van der Waals surface area contributed by atoms with Crippen molar-refractivity contribution in [1.82, 2.24) is 9.97 Å². The predicted molar refractivity (Wildman–Crippen MR) is 84.2 cm³/mol. The van der Waals surface area contributed by atoms with Crippen molar-refractivity contribution in [2.45, 2.75) is 12.6 Å². The van der Waals surface area contributed by atoms with Crippen molar-refractivity contribution in [2.75, 3.05) is 20.3 Å². The molecule has 0 fully saturated rings. The SMILES string of the molecule is COCCCOc1cnccc1-c1nc2cc(C(F)(F)F)ccc2o1. The Labute approximate surface area is 141 Å². The number of oxazole rings is 1. The number of alkyl halides is 3. The topological polar surface area (TPSA) is 57.4 Å². The fraction of sp³-hybridized carbons (Fsp3) is 0.294. The molecular formula is C17H15F3N2O3. The average Bonchev–Trinajstić information content (AvgIpc) is 3.01. The summed E-state index contributed by atoms with van der Waals surface area (Å²) in [7, 11) is 1.60. The van der Waals surface area contributed by atoms with E-state index in [1.807, 2.05) is 0 Å². The van der Waals surface area contributed by atoms with Crippen molar-refractivity contribution in [1.29, 1.82) is 0 Å². The van der Waals surface area contributed by atoms with Crippen LogP contribution in [0.3, 0.4) is 0 Å². The zero-order chi connectivity index (χ0) is 17.9. The molecule has 132 valence electrons. The second kappa shape index (κ2) is 7.10. The highest BCUT2D eigenvalue weighted by molar-refractivity contribution is 5.78. The Morgan fingerprint density at radius 2 is 2.00 bits per heavy atom. The van der Waals surface area contributed by atoms with Gasteiger partial charge in [-0.3, -0.25) is 4.98 Å². The molecule has 2 aromatic heterocycles. The van der Waals surface area contributed by atoms with Crippen molar-refractivity contribution in [2.24, 2.45) is 0 Å². The first-order valence-electron chi connectivity index (χ1n) is 7.53. The van der Waals surface area contributed by atoms with E-state index in [4.69, 9.17) is 13.9 Å². The zero-order valence-corrected chi connectivity index (χ0v) is 13.3. The standard InChI is InChI=1S/C17H15F3N2O3/c1-23-7-2-8-24-15-10-21-6-5-12(15)16-22-13-9-11(17(18,19)20)3-4-14(13)25-16/h3-6,9-10H,2,7-8H2,1H3. The van der Waals surface area contributed by atoms with Gasteiger partial charge in [0, 0.05) is 26.3 Å². The van der Waals surface area contributed by atoms with Crippen molar-refractivity contribution in [3.05, 3.63) is 42.2 Å². The predicted octanol–water partition coefficient (Wildman–Crippen LogP) is 4.32. The van der Waals surface area contributed by atoms with E-state index >= 15 is 0 Å². The molecule has 0 aliphatic heterocycles. The van der Waals surface area contributed by atoms with Gasteiger partial charge in [0.2, 0.25) is 5.89 Å². The van der Waals surface area contributed by atoms with E-state index < -0.39 is 11.7 Å². The van der Waals surface area contributed by atoms with Crippen LogP contribution in [-0.4, -0.2) is 30.3 Å². The van der Waals surface area contributed by atoms with Crippen LogP contribution in [0.25, 0.3) is 22.6 Å². The Bertz CT molecular complexity index is 862. The van der Waals surface area contributed by atoms with E-state index in [9.17, 15) is 13.2 Å². The molecule has 0 saturated carbocycles. The van der Waals surface area contributed by atoms with E-state index in [-0.39, 0.29) is 17.0 Å². The summed E-state index contributed by atoms with van der Waals surface area (Å²) in [4.78, 5) is 8.16. The number of halogens is 3. The molecule has 0 radical (unpaired) electrons. The van der Waals surface area contributed by atoms with Gasteiger partial charge in [0.05, 0.1) is 23.9 Å². The molecule has 8 heteroatoms. The Balaban J connectivity index is 1.91. The highest BCUT2D eigenvalue weighted by atomic mass is 19.4. The normalized spacial score (nSPS) is 11.8. The summed E-state index contributed by atoms with van der Waals surface area (Å²) in [6.07, 6.45) is -0.696. The van der Waals surface area contributed by atoms with Crippen LogP contribution in [0, 0.1) is 0 Å². The van der Waals surface area contributed by atoms with Gasteiger partial charge in [-0.05, 0) is 24.3 Å². The number of benzene rings is 1. The highest BCUT2D eigenvalue weighted by Crippen LogP contribution is 2.34. The van der Waals surface area contributed by atoms with Gasteiger partial charge in [-0.1, -0.05) is 0 Å². The molecule has 0 N–H and O–H groups in total. The molecule has 0 saturated heterocycles. The van der Waals surface area contributed by atoms with Gasteiger partial charge in [-0.15, -0.1) is 0 Å². The van der Waals surface area contributed by atoms with Crippen LogP contribution >= 0.6 is 0 Å². The third-order valence-corrected chi connectivity index (χ3v) is 3.48. The molecule has 3 aromatic rings. The number of nitrogens with zero attached hydrogens (tertiary/aromatic N) is 2. The lowest BCUT2D eigenvalue weighted by molar-refractivity contribution is -0.137. The lowest BCUT2D eigenvalue weighted by Gasteiger charge is -2.08. The fourth-order valence-corrected chi connectivity index (χ4v) is 2.28. The number of pyridine rings is 1. The summed E-state index contributed by atoms with van der Waals surface area (Å²) >= 11 is 0. The van der Waals surface area contributed by atoms with Crippen LogP contribution in [0.2, 0.25) is 0 Å². The summed E-state index contributed by atoms with van der Waals surface area (Å²) in [6.45, 7) is 0.962. The minimum Gasteiger partial charge on any atom is -0.491 e. The molecule has 3 rings (SSSR count). The van der Waals surface area contributed by atoms with Crippen LogP contribution in [-0.2, 0) is 10.9 Å². The summed E-state index contributed by atoms with van der Waals surface area (Å²) < 4.78 is 54.6. The molecule has 1 aromatic carbocycles. The monoisotopic (exact) mass is 352 g/mol. The van der Waals surface area contributed by atoms with E-state index in [1.165, 1.54) is 18.5 Å². The van der Waals surface area contributed by atoms with Gasteiger partial charge >= 0.3 is 6.18 Å². The molecule has 2 heterocycles.